The first kappa shape index (κ1) is 13.3. The van der Waals surface area contributed by atoms with Gasteiger partial charge in [0.25, 0.3) is 0 Å². The zero-order valence-electron chi connectivity index (χ0n) is 11.0. The highest BCUT2D eigenvalue weighted by molar-refractivity contribution is 4.95. The Kier molecular flexibility index (Phi) is 4.45. The van der Waals surface area contributed by atoms with Crippen molar-refractivity contribution in [1.29, 1.82) is 0 Å². The lowest BCUT2D eigenvalue weighted by Crippen LogP contribution is -2.50. The summed E-state index contributed by atoms with van der Waals surface area (Å²) in [6.07, 6.45) is 6.58. The Labute approximate surface area is 105 Å². The van der Waals surface area contributed by atoms with Crippen LogP contribution in [0, 0.1) is 17.3 Å². The van der Waals surface area contributed by atoms with E-state index in [1.807, 2.05) is 0 Å². The standard InChI is InChI=1S/C14H27NO2/c1-11-4-2-6-14(8-11,10-15)13(16)12-5-3-7-17-9-12/h11-13,16H,2-10,15H2,1H3. The minimum Gasteiger partial charge on any atom is -0.392 e. The molecule has 2 fully saturated rings. The van der Waals surface area contributed by atoms with Gasteiger partial charge in [0.15, 0.2) is 0 Å². The zero-order valence-corrected chi connectivity index (χ0v) is 11.0. The number of aliphatic hydroxyl groups excluding tert-OH is 1. The van der Waals surface area contributed by atoms with Crippen LogP contribution in [-0.4, -0.2) is 31.0 Å². The molecule has 0 spiro atoms. The van der Waals surface area contributed by atoms with Crippen molar-refractivity contribution >= 4 is 0 Å². The van der Waals surface area contributed by atoms with Crippen LogP contribution in [-0.2, 0) is 4.74 Å². The van der Waals surface area contributed by atoms with Crippen molar-refractivity contribution < 1.29 is 9.84 Å². The monoisotopic (exact) mass is 241 g/mol. The van der Waals surface area contributed by atoms with Crippen LogP contribution in [0.25, 0.3) is 0 Å². The Bertz CT molecular complexity index is 240. The fourth-order valence-electron chi connectivity index (χ4n) is 3.79. The predicted molar refractivity (Wildman–Crippen MR) is 68.7 cm³/mol. The molecule has 0 bridgehead atoms. The Morgan fingerprint density at radius 2 is 2.24 bits per heavy atom. The van der Waals surface area contributed by atoms with Gasteiger partial charge in [-0.1, -0.05) is 19.8 Å². The molecule has 0 radical (unpaired) electrons. The van der Waals surface area contributed by atoms with Gasteiger partial charge in [0.1, 0.15) is 0 Å². The van der Waals surface area contributed by atoms with E-state index < -0.39 is 0 Å². The number of hydrogen-bond acceptors (Lipinski definition) is 3. The number of aliphatic hydroxyl groups is 1. The van der Waals surface area contributed by atoms with Crippen molar-refractivity contribution in [1.82, 2.24) is 0 Å². The van der Waals surface area contributed by atoms with Crippen LogP contribution in [0.3, 0.4) is 0 Å². The average Bonchev–Trinajstić information content (AvgIpc) is 2.38. The summed E-state index contributed by atoms with van der Waals surface area (Å²) < 4.78 is 5.51. The molecule has 100 valence electrons. The van der Waals surface area contributed by atoms with Gasteiger partial charge in [-0.3, -0.25) is 0 Å². The van der Waals surface area contributed by atoms with Crippen LogP contribution in [0.5, 0.6) is 0 Å². The molecule has 2 aliphatic rings. The molecule has 1 saturated carbocycles. The molecule has 1 aliphatic heterocycles. The maximum atomic E-state index is 10.7. The Balaban J connectivity index is 2.04. The highest BCUT2D eigenvalue weighted by atomic mass is 16.5. The summed E-state index contributed by atoms with van der Waals surface area (Å²) in [7, 11) is 0. The van der Waals surface area contributed by atoms with Crippen LogP contribution >= 0.6 is 0 Å². The third-order valence-corrected chi connectivity index (χ3v) is 4.80. The molecule has 0 aromatic heterocycles. The number of rotatable bonds is 3. The van der Waals surface area contributed by atoms with Crippen LogP contribution in [0.15, 0.2) is 0 Å². The number of hydrogen-bond donors (Lipinski definition) is 2. The molecule has 3 N–H and O–H groups in total. The van der Waals surface area contributed by atoms with Crippen molar-refractivity contribution in [2.75, 3.05) is 19.8 Å². The first-order valence-electron chi connectivity index (χ1n) is 7.14. The third kappa shape index (κ3) is 2.83. The van der Waals surface area contributed by atoms with E-state index in [9.17, 15) is 5.11 Å². The summed E-state index contributed by atoms with van der Waals surface area (Å²) >= 11 is 0. The lowest BCUT2D eigenvalue weighted by atomic mass is 9.63. The second-order valence-corrected chi connectivity index (χ2v) is 6.19. The van der Waals surface area contributed by atoms with E-state index in [0.29, 0.717) is 18.4 Å². The van der Waals surface area contributed by atoms with Crippen molar-refractivity contribution in [3.8, 4) is 0 Å². The average molecular weight is 241 g/mol. The quantitative estimate of drug-likeness (QED) is 0.794. The van der Waals surface area contributed by atoms with Gasteiger partial charge in [-0.15, -0.1) is 0 Å². The summed E-state index contributed by atoms with van der Waals surface area (Å²) in [5.74, 6) is 1.00. The van der Waals surface area contributed by atoms with Crippen LogP contribution in [0.4, 0.5) is 0 Å². The van der Waals surface area contributed by atoms with Crippen LogP contribution < -0.4 is 5.73 Å². The van der Waals surface area contributed by atoms with E-state index in [2.05, 4.69) is 6.92 Å². The van der Waals surface area contributed by atoms with E-state index >= 15 is 0 Å². The lowest BCUT2D eigenvalue weighted by molar-refractivity contribution is -0.0868. The molecule has 0 aromatic carbocycles. The molecular formula is C14H27NO2. The fourth-order valence-corrected chi connectivity index (χ4v) is 3.79. The van der Waals surface area contributed by atoms with E-state index in [1.165, 1.54) is 12.8 Å². The smallest absolute Gasteiger partial charge is 0.0658 e. The molecule has 0 amide bonds. The van der Waals surface area contributed by atoms with Crippen LogP contribution in [0.1, 0.15) is 45.4 Å². The summed E-state index contributed by atoms with van der Waals surface area (Å²) in [5, 5.41) is 10.7. The van der Waals surface area contributed by atoms with Gasteiger partial charge in [0.2, 0.25) is 0 Å². The Hall–Kier alpha value is -0.120. The Morgan fingerprint density at radius 3 is 2.82 bits per heavy atom. The van der Waals surface area contributed by atoms with Crippen molar-refractivity contribution in [2.45, 2.75) is 51.6 Å². The zero-order chi connectivity index (χ0) is 12.3. The van der Waals surface area contributed by atoms with E-state index in [4.69, 9.17) is 10.5 Å². The van der Waals surface area contributed by atoms with Crippen molar-refractivity contribution in [3.63, 3.8) is 0 Å². The maximum Gasteiger partial charge on any atom is 0.0658 e. The number of nitrogens with two attached hydrogens (primary N) is 1. The molecule has 2 rings (SSSR count). The molecule has 17 heavy (non-hydrogen) atoms. The van der Waals surface area contributed by atoms with Gasteiger partial charge in [-0.05, 0) is 31.6 Å². The van der Waals surface area contributed by atoms with Crippen LogP contribution in [0.2, 0.25) is 0 Å². The second-order valence-electron chi connectivity index (χ2n) is 6.19. The highest BCUT2D eigenvalue weighted by Crippen LogP contribution is 2.44. The molecular weight excluding hydrogens is 214 g/mol. The summed E-state index contributed by atoms with van der Waals surface area (Å²) in [6, 6.07) is 0. The van der Waals surface area contributed by atoms with Gasteiger partial charge < -0.3 is 15.6 Å². The molecule has 1 saturated heterocycles. The minimum absolute atomic E-state index is 0.0387. The van der Waals surface area contributed by atoms with E-state index in [1.54, 1.807) is 0 Å². The van der Waals surface area contributed by atoms with E-state index in [0.717, 1.165) is 38.9 Å². The first-order chi connectivity index (χ1) is 8.18. The predicted octanol–water partition coefficient (Wildman–Crippen LogP) is 1.93. The Morgan fingerprint density at radius 1 is 1.41 bits per heavy atom. The molecule has 1 aliphatic carbocycles. The summed E-state index contributed by atoms with van der Waals surface area (Å²) in [5.41, 5.74) is 5.97. The first-order valence-corrected chi connectivity index (χ1v) is 7.14. The number of ether oxygens (including phenoxy) is 1. The summed E-state index contributed by atoms with van der Waals surface area (Å²) in [6.45, 7) is 4.48. The highest BCUT2D eigenvalue weighted by Gasteiger charge is 2.43. The van der Waals surface area contributed by atoms with Crippen molar-refractivity contribution in [2.24, 2.45) is 23.0 Å². The molecule has 0 aromatic rings. The van der Waals surface area contributed by atoms with Crippen molar-refractivity contribution in [3.05, 3.63) is 0 Å². The minimum atomic E-state index is -0.268. The molecule has 1 heterocycles. The third-order valence-electron chi connectivity index (χ3n) is 4.80. The topological polar surface area (TPSA) is 55.5 Å². The normalized spacial score (nSPS) is 41.1. The van der Waals surface area contributed by atoms with Gasteiger partial charge in [0, 0.05) is 24.5 Å². The molecule has 3 heteroatoms. The maximum absolute atomic E-state index is 10.7. The summed E-state index contributed by atoms with van der Waals surface area (Å²) in [4.78, 5) is 0. The SMILES string of the molecule is CC1CCCC(CN)(C(O)C2CCCOC2)C1. The molecule has 4 atom stereocenters. The van der Waals surface area contributed by atoms with E-state index in [-0.39, 0.29) is 11.5 Å². The fraction of sp³-hybridized carbons (Fsp3) is 1.00. The second kappa shape index (κ2) is 5.68. The molecule has 4 unspecified atom stereocenters. The largest absolute Gasteiger partial charge is 0.392 e. The van der Waals surface area contributed by atoms with Gasteiger partial charge >= 0.3 is 0 Å². The van der Waals surface area contributed by atoms with Gasteiger partial charge in [0.05, 0.1) is 12.7 Å². The molecule has 3 nitrogen and oxygen atoms in total. The lowest BCUT2D eigenvalue weighted by Gasteiger charge is -2.46. The van der Waals surface area contributed by atoms with Gasteiger partial charge in [-0.25, -0.2) is 0 Å². The van der Waals surface area contributed by atoms with Gasteiger partial charge in [-0.2, -0.15) is 0 Å².